The number of aliphatic hydroxyl groups excluding tert-OH is 1. The number of methoxy groups -OCH3 is 1. The smallest absolute Gasteiger partial charge is 0.295 e. The lowest BCUT2D eigenvalue weighted by molar-refractivity contribution is -0.140. The van der Waals surface area contributed by atoms with Crippen LogP contribution in [0, 0.1) is 6.92 Å². The van der Waals surface area contributed by atoms with Crippen molar-refractivity contribution in [3.05, 3.63) is 77.3 Å². The fourth-order valence-corrected chi connectivity index (χ4v) is 3.88. The van der Waals surface area contributed by atoms with Crippen LogP contribution < -0.4 is 0 Å². The van der Waals surface area contributed by atoms with Gasteiger partial charge in [0.15, 0.2) is 0 Å². The van der Waals surface area contributed by atoms with Crippen molar-refractivity contribution in [3.63, 3.8) is 0 Å². The summed E-state index contributed by atoms with van der Waals surface area (Å²) < 4.78 is 10.9. The number of furan rings is 1. The van der Waals surface area contributed by atoms with Crippen LogP contribution in [-0.2, 0) is 14.3 Å². The Balaban J connectivity index is 1.83. The van der Waals surface area contributed by atoms with Crippen LogP contribution in [0.3, 0.4) is 0 Å². The number of rotatable bonds is 6. The van der Waals surface area contributed by atoms with Crippen LogP contribution in [0.4, 0.5) is 0 Å². The predicted molar refractivity (Wildman–Crippen MR) is 113 cm³/mol. The Labute approximate surface area is 174 Å². The Morgan fingerprint density at radius 1 is 1.10 bits per heavy atom. The van der Waals surface area contributed by atoms with E-state index in [4.69, 9.17) is 9.15 Å². The van der Waals surface area contributed by atoms with Gasteiger partial charge in [-0.25, -0.2) is 0 Å². The maximum absolute atomic E-state index is 12.9. The molecule has 1 unspecified atom stereocenters. The second-order valence-corrected chi connectivity index (χ2v) is 7.35. The number of aliphatic hydroxyl groups is 1. The Kier molecular flexibility index (Phi) is 5.42. The zero-order valence-corrected chi connectivity index (χ0v) is 16.9. The van der Waals surface area contributed by atoms with Gasteiger partial charge in [0.1, 0.15) is 23.3 Å². The van der Waals surface area contributed by atoms with E-state index in [0.717, 1.165) is 10.8 Å². The average molecular weight is 405 g/mol. The first-order valence-corrected chi connectivity index (χ1v) is 9.84. The lowest BCUT2D eigenvalue weighted by Crippen LogP contribution is -2.31. The minimum absolute atomic E-state index is 0.0436. The van der Waals surface area contributed by atoms with E-state index in [9.17, 15) is 14.7 Å². The third-order valence-corrected chi connectivity index (χ3v) is 5.34. The summed E-state index contributed by atoms with van der Waals surface area (Å²) in [7, 11) is 1.58. The molecule has 0 spiro atoms. The van der Waals surface area contributed by atoms with Crippen molar-refractivity contribution in [2.45, 2.75) is 19.4 Å². The van der Waals surface area contributed by atoms with Gasteiger partial charge < -0.3 is 19.2 Å². The highest BCUT2D eigenvalue weighted by molar-refractivity contribution is 6.46. The molecular weight excluding hydrogens is 382 g/mol. The summed E-state index contributed by atoms with van der Waals surface area (Å²) in [5, 5.41) is 13.1. The van der Waals surface area contributed by atoms with Crippen LogP contribution in [0.25, 0.3) is 16.5 Å². The molecule has 1 atom stereocenters. The predicted octanol–water partition coefficient (Wildman–Crippen LogP) is 4.20. The molecule has 1 saturated heterocycles. The van der Waals surface area contributed by atoms with Crippen molar-refractivity contribution >= 4 is 28.2 Å². The molecule has 1 aliphatic rings. The number of benzene rings is 2. The summed E-state index contributed by atoms with van der Waals surface area (Å²) in [5.74, 6) is -0.443. The van der Waals surface area contributed by atoms with Crippen LogP contribution in [0.2, 0.25) is 0 Å². The molecule has 6 nitrogen and oxygen atoms in total. The number of carbonyl (C=O) groups excluding carboxylic acids is 2. The summed E-state index contributed by atoms with van der Waals surface area (Å²) in [5.41, 5.74) is 0.527. The SMILES string of the molecule is COCCCN1C(=O)C(=O)/C(=C(\O)c2ccc3ccccc3c2)C1c1ccc(C)o1. The minimum Gasteiger partial charge on any atom is -0.507 e. The number of nitrogens with zero attached hydrogens (tertiary/aromatic N) is 1. The number of ketones is 1. The monoisotopic (exact) mass is 405 g/mol. The summed E-state index contributed by atoms with van der Waals surface area (Å²) in [4.78, 5) is 27.2. The molecule has 0 aliphatic carbocycles. The Morgan fingerprint density at radius 3 is 2.57 bits per heavy atom. The molecule has 4 rings (SSSR count). The molecule has 2 heterocycles. The molecule has 2 aromatic carbocycles. The van der Waals surface area contributed by atoms with E-state index in [0.29, 0.717) is 36.7 Å². The molecule has 3 aromatic rings. The van der Waals surface area contributed by atoms with Crippen molar-refractivity contribution in [2.75, 3.05) is 20.3 Å². The first-order valence-electron chi connectivity index (χ1n) is 9.84. The number of Topliss-reactive ketones (excluding diaryl/α,β-unsaturated/α-hetero) is 1. The van der Waals surface area contributed by atoms with Gasteiger partial charge in [-0.1, -0.05) is 36.4 Å². The van der Waals surface area contributed by atoms with E-state index in [2.05, 4.69) is 0 Å². The molecular formula is C24H23NO5. The minimum atomic E-state index is -0.776. The largest absolute Gasteiger partial charge is 0.507 e. The molecule has 154 valence electrons. The van der Waals surface area contributed by atoms with E-state index >= 15 is 0 Å². The average Bonchev–Trinajstić information content (AvgIpc) is 3.29. The number of amides is 1. The summed E-state index contributed by atoms with van der Waals surface area (Å²) >= 11 is 0. The number of fused-ring (bicyclic) bond motifs is 1. The lowest BCUT2D eigenvalue weighted by Gasteiger charge is -2.23. The first kappa shape index (κ1) is 19.9. The first-order chi connectivity index (χ1) is 14.5. The van der Waals surface area contributed by atoms with Crippen LogP contribution in [-0.4, -0.2) is 42.0 Å². The summed E-state index contributed by atoms with van der Waals surface area (Å²) in [6.07, 6.45) is 0.565. The molecule has 1 amide bonds. The van der Waals surface area contributed by atoms with Crippen LogP contribution in [0.1, 0.15) is 29.5 Å². The second-order valence-electron chi connectivity index (χ2n) is 7.35. The summed E-state index contributed by atoms with van der Waals surface area (Å²) in [6.45, 7) is 2.57. The van der Waals surface area contributed by atoms with Crippen LogP contribution in [0.5, 0.6) is 0 Å². The van der Waals surface area contributed by atoms with E-state index in [1.54, 1.807) is 32.2 Å². The van der Waals surface area contributed by atoms with Crippen molar-refractivity contribution < 1.29 is 23.8 Å². The molecule has 0 saturated carbocycles. The Bertz CT molecular complexity index is 1140. The second kappa shape index (κ2) is 8.16. The third-order valence-electron chi connectivity index (χ3n) is 5.34. The standard InChI is InChI=1S/C24H23NO5/c1-15-8-11-19(30-15)21-20(23(27)24(28)25(21)12-5-13-29-2)22(26)18-10-9-16-6-3-4-7-17(16)14-18/h3-4,6-11,14,21,26H,5,12-13H2,1-2H3/b22-20-. The number of aryl methyl sites for hydroxylation is 1. The zero-order chi connectivity index (χ0) is 21.3. The van der Waals surface area contributed by atoms with Crippen molar-refractivity contribution in [2.24, 2.45) is 0 Å². The van der Waals surface area contributed by atoms with Gasteiger partial charge in [0.05, 0.1) is 5.57 Å². The zero-order valence-electron chi connectivity index (χ0n) is 16.9. The van der Waals surface area contributed by atoms with Gasteiger partial charge in [0, 0.05) is 25.8 Å². The highest BCUT2D eigenvalue weighted by atomic mass is 16.5. The van der Waals surface area contributed by atoms with Crippen molar-refractivity contribution in [1.29, 1.82) is 0 Å². The fourth-order valence-electron chi connectivity index (χ4n) is 3.88. The van der Waals surface area contributed by atoms with Gasteiger partial charge in [-0.05, 0) is 42.3 Å². The molecule has 1 aromatic heterocycles. The van der Waals surface area contributed by atoms with Crippen molar-refractivity contribution in [3.8, 4) is 0 Å². The third kappa shape index (κ3) is 3.50. The lowest BCUT2D eigenvalue weighted by atomic mass is 9.97. The topological polar surface area (TPSA) is 80.0 Å². The maximum atomic E-state index is 12.9. The van der Waals surface area contributed by atoms with Gasteiger partial charge in [0.2, 0.25) is 0 Å². The van der Waals surface area contributed by atoms with E-state index < -0.39 is 17.7 Å². The molecule has 1 aliphatic heterocycles. The number of hydrogen-bond donors (Lipinski definition) is 1. The highest BCUT2D eigenvalue weighted by Gasteiger charge is 2.47. The molecule has 1 fully saturated rings. The number of likely N-dealkylation sites (tertiary alicyclic amines) is 1. The van der Waals surface area contributed by atoms with Gasteiger partial charge in [-0.2, -0.15) is 0 Å². The van der Waals surface area contributed by atoms with Gasteiger partial charge >= 0.3 is 0 Å². The van der Waals surface area contributed by atoms with Gasteiger partial charge in [0.25, 0.3) is 11.7 Å². The van der Waals surface area contributed by atoms with E-state index in [1.807, 2.05) is 36.4 Å². The van der Waals surface area contributed by atoms with Crippen molar-refractivity contribution in [1.82, 2.24) is 4.90 Å². The van der Waals surface area contributed by atoms with E-state index in [-0.39, 0.29) is 11.3 Å². The maximum Gasteiger partial charge on any atom is 0.295 e. The van der Waals surface area contributed by atoms with Crippen LogP contribution in [0.15, 0.2) is 64.6 Å². The normalized spacial score (nSPS) is 18.5. The fraction of sp³-hybridized carbons (Fsp3) is 0.250. The van der Waals surface area contributed by atoms with Crippen LogP contribution >= 0.6 is 0 Å². The summed E-state index contributed by atoms with van der Waals surface area (Å²) in [6, 6.07) is 15.9. The van der Waals surface area contributed by atoms with Gasteiger partial charge in [-0.3, -0.25) is 9.59 Å². The quantitative estimate of drug-likeness (QED) is 0.288. The molecule has 0 radical (unpaired) electrons. The molecule has 6 heteroatoms. The van der Waals surface area contributed by atoms with Gasteiger partial charge in [-0.15, -0.1) is 0 Å². The number of carbonyl (C=O) groups is 2. The van der Waals surface area contributed by atoms with E-state index in [1.165, 1.54) is 4.90 Å². The molecule has 1 N–H and O–H groups in total. The Morgan fingerprint density at radius 2 is 1.87 bits per heavy atom. The molecule has 0 bridgehead atoms. The highest BCUT2D eigenvalue weighted by Crippen LogP contribution is 2.40. The number of ether oxygens (including phenoxy) is 1. The Hall–Kier alpha value is -3.38. The number of hydrogen-bond acceptors (Lipinski definition) is 5. The molecule has 30 heavy (non-hydrogen) atoms.